The van der Waals surface area contributed by atoms with E-state index in [4.69, 9.17) is 17.3 Å². The number of primary amides is 1. The minimum absolute atomic E-state index is 0.196. The molecule has 23 heavy (non-hydrogen) atoms. The summed E-state index contributed by atoms with van der Waals surface area (Å²) in [5, 5.41) is 4.06. The summed E-state index contributed by atoms with van der Waals surface area (Å²) < 4.78 is 0. The Morgan fingerprint density at radius 3 is 2.74 bits per heavy atom. The molecule has 1 aromatic heterocycles. The van der Waals surface area contributed by atoms with Crippen LogP contribution in [-0.4, -0.2) is 16.8 Å². The quantitative estimate of drug-likeness (QED) is 0.687. The molecule has 0 radical (unpaired) electrons. The van der Waals surface area contributed by atoms with Crippen molar-refractivity contribution in [2.24, 2.45) is 5.73 Å². The Kier molecular flexibility index (Phi) is 4.04. The molecule has 0 unspecified atom stereocenters. The van der Waals surface area contributed by atoms with Crippen molar-refractivity contribution in [2.45, 2.75) is 6.42 Å². The standard InChI is InChI=1S/C17H14ClN3O2/c18-13-6-5-10(17(19)23)7-15(13)21-16(22)8-11-9-20-14-4-2-1-3-12(11)14/h1-7,9,20H,8H2,(H2,19,23)(H,21,22). The number of nitrogens with two attached hydrogens (primary N) is 1. The number of hydrogen-bond acceptors (Lipinski definition) is 2. The van der Waals surface area contributed by atoms with Crippen LogP contribution in [0.15, 0.2) is 48.7 Å². The van der Waals surface area contributed by atoms with Gasteiger partial charge >= 0.3 is 0 Å². The third kappa shape index (κ3) is 3.19. The van der Waals surface area contributed by atoms with Gasteiger partial charge in [-0.15, -0.1) is 0 Å². The molecule has 0 saturated carbocycles. The Morgan fingerprint density at radius 1 is 1.17 bits per heavy atom. The predicted octanol–water partition coefficient (Wildman–Crippen LogP) is 3.10. The van der Waals surface area contributed by atoms with Crippen molar-refractivity contribution < 1.29 is 9.59 Å². The summed E-state index contributed by atoms with van der Waals surface area (Å²) in [6.45, 7) is 0. The number of benzene rings is 2. The number of para-hydroxylation sites is 1. The highest BCUT2D eigenvalue weighted by Crippen LogP contribution is 2.24. The maximum atomic E-state index is 12.3. The van der Waals surface area contributed by atoms with Gasteiger partial charge in [-0.3, -0.25) is 9.59 Å². The number of carbonyl (C=O) groups is 2. The molecule has 1 heterocycles. The van der Waals surface area contributed by atoms with E-state index in [2.05, 4.69) is 10.3 Å². The Labute approximate surface area is 137 Å². The van der Waals surface area contributed by atoms with Gasteiger partial charge in [0.05, 0.1) is 17.1 Å². The zero-order chi connectivity index (χ0) is 16.4. The molecule has 3 aromatic rings. The van der Waals surface area contributed by atoms with Crippen molar-refractivity contribution in [3.8, 4) is 0 Å². The fraction of sp³-hybridized carbons (Fsp3) is 0.0588. The fourth-order valence-corrected chi connectivity index (χ4v) is 2.58. The summed E-state index contributed by atoms with van der Waals surface area (Å²) in [5.41, 5.74) is 7.76. The summed E-state index contributed by atoms with van der Waals surface area (Å²) in [6.07, 6.45) is 2.01. The van der Waals surface area contributed by atoms with E-state index in [-0.39, 0.29) is 17.9 Å². The van der Waals surface area contributed by atoms with Crippen LogP contribution in [0.25, 0.3) is 10.9 Å². The number of nitrogens with one attached hydrogen (secondary N) is 2. The van der Waals surface area contributed by atoms with Gasteiger partial charge in [-0.25, -0.2) is 0 Å². The molecule has 0 bridgehead atoms. The summed E-state index contributed by atoms with van der Waals surface area (Å²) in [4.78, 5) is 26.6. The largest absolute Gasteiger partial charge is 0.366 e. The molecule has 2 aromatic carbocycles. The third-order valence-corrected chi connectivity index (χ3v) is 3.88. The molecular formula is C17H14ClN3O2. The topological polar surface area (TPSA) is 88.0 Å². The van der Waals surface area contributed by atoms with Crippen molar-refractivity contribution in [3.05, 3.63) is 64.8 Å². The van der Waals surface area contributed by atoms with E-state index in [0.29, 0.717) is 10.7 Å². The second-order valence-corrected chi connectivity index (χ2v) is 5.55. The molecule has 0 aliphatic rings. The van der Waals surface area contributed by atoms with Crippen molar-refractivity contribution in [1.82, 2.24) is 4.98 Å². The second-order valence-electron chi connectivity index (χ2n) is 5.14. The van der Waals surface area contributed by atoms with Gasteiger partial charge in [-0.05, 0) is 29.8 Å². The molecule has 0 aliphatic carbocycles. The highest BCUT2D eigenvalue weighted by atomic mass is 35.5. The summed E-state index contributed by atoms with van der Waals surface area (Å²) in [6, 6.07) is 12.3. The zero-order valence-electron chi connectivity index (χ0n) is 12.1. The lowest BCUT2D eigenvalue weighted by Crippen LogP contribution is -2.16. The summed E-state index contributed by atoms with van der Waals surface area (Å²) in [5.74, 6) is -0.799. The van der Waals surface area contributed by atoms with Crippen LogP contribution >= 0.6 is 11.6 Å². The number of rotatable bonds is 4. The van der Waals surface area contributed by atoms with Crippen LogP contribution in [-0.2, 0) is 11.2 Å². The Balaban J connectivity index is 1.80. The van der Waals surface area contributed by atoms with E-state index in [1.54, 1.807) is 0 Å². The van der Waals surface area contributed by atoms with Crippen LogP contribution in [0.1, 0.15) is 15.9 Å². The van der Waals surface area contributed by atoms with Crippen LogP contribution in [0, 0.1) is 0 Å². The third-order valence-electron chi connectivity index (χ3n) is 3.55. The van der Waals surface area contributed by atoms with E-state index < -0.39 is 5.91 Å². The minimum atomic E-state index is -0.575. The van der Waals surface area contributed by atoms with Gasteiger partial charge in [0.15, 0.2) is 0 Å². The van der Waals surface area contributed by atoms with Gasteiger partial charge in [0, 0.05) is 22.7 Å². The van der Waals surface area contributed by atoms with Crippen molar-refractivity contribution in [3.63, 3.8) is 0 Å². The molecule has 0 saturated heterocycles. The molecule has 2 amide bonds. The van der Waals surface area contributed by atoms with Crippen molar-refractivity contribution >= 4 is 40.0 Å². The number of anilines is 1. The van der Waals surface area contributed by atoms with Crippen LogP contribution in [0.2, 0.25) is 5.02 Å². The first-order chi connectivity index (χ1) is 11.0. The van der Waals surface area contributed by atoms with Crippen LogP contribution < -0.4 is 11.1 Å². The number of halogens is 1. The molecule has 0 spiro atoms. The number of fused-ring (bicyclic) bond motifs is 1. The first-order valence-electron chi connectivity index (χ1n) is 6.99. The number of carbonyl (C=O) groups excluding carboxylic acids is 2. The van der Waals surface area contributed by atoms with Gasteiger partial charge in [-0.2, -0.15) is 0 Å². The summed E-state index contributed by atoms with van der Waals surface area (Å²) >= 11 is 6.05. The highest BCUT2D eigenvalue weighted by molar-refractivity contribution is 6.33. The highest BCUT2D eigenvalue weighted by Gasteiger charge is 2.12. The average molecular weight is 328 g/mol. The van der Waals surface area contributed by atoms with E-state index in [0.717, 1.165) is 16.5 Å². The van der Waals surface area contributed by atoms with Crippen molar-refractivity contribution in [1.29, 1.82) is 0 Å². The van der Waals surface area contributed by atoms with Gasteiger partial charge < -0.3 is 16.0 Å². The first-order valence-corrected chi connectivity index (χ1v) is 7.36. The Hall–Kier alpha value is -2.79. The SMILES string of the molecule is NC(=O)c1ccc(Cl)c(NC(=O)Cc2c[nH]c3ccccc23)c1. The molecule has 116 valence electrons. The first kappa shape index (κ1) is 15.1. The van der Waals surface area contributed by atoms with E-state index in [9.17, 15) is 9.59 Å². The predicted molar refractivity (Wildman–Crippen MR) is 90.6 cm³/mol. The average Bonchev–Trinajstić information content (AvgIpc) is 2.92. The van der Waals surface area contributed by atoms with Gasteiger partial charge in [0.1, 0.15) is 0 Å². The fourth-order valence-electron chi connectivity index (χ4n) is 2.42. The molecule has 0 aliphatic heterocycles. The minimum Gasteiger partial charge on any atom is -0.366 e. The number of aromatic nitrogens is 1. The molecule has 6 heteroatoms. The van der Waals surface area contributed by atoms with Crippen molar-refractivity contribution in [2.75, 3.05) is 5.32 Å². The normalized spacial score (nSPS) is 10.7. The number of aromatic amines is 1. The van der Waals surface area contributed by atoms with E-state index in [1.165, 1.54) is 18.2 Å². The Morgan fingerprint density at radius 2 is 1.96 bits per heavy atom. The van der Waals surface area contributed by atoms with Crippen LogP contribution in [0.5, 0.6) is 0 Å². The number of amides is 2. The monoisotopic (exact) mass is 327 g/mol. The maximum Gasteiger partial charge on any atom is 0.248 e. The van der Waals surface area contributed by atoms with Crippen LogP contribution in [0.3, 0.4) is 0 Å². The number of hydrogen-bond donors (Lipinski definition) is 3. The molecule has 0 atom stereocenters. The molecule has 3 rings (SSSR count). The van der Waals surface area contributed by atoms with Crippen LogP contribution in [0.4, 0.5) is 5.69 Å². The van der Waals surface area contributed by atoms with E-state index >= 15 is 0 Å². The number of H-pyrrole nitrogens is 1. The van der Waals surface area contributed by atoms with Gasteiger partial charge in [0.2, 0.25) is 11.8 Å². The maximum absolute atomic E-state index is 12.3. The molecule has 5 nitrogen and oxygen atoms in total. The zero-order valence-corrected chi connectivity index (χ0v) is 12.9. The van der Waals surface area contributed by atoms with Gasteiger partial charge in [-0.1, -0.05) is 29.8 Å². The van der Waals surface area contributed by atoms with E-state index in [1.807, 2.05) is 30.5 Å². The lowest BCUT2D eigenvalue weighted by Gasteiger charge is -2.08. The Bertz CT molecular complexity index is 902. The lowest BCUT2D eigenvalue weighted by atomic mass is 10.1. The van der Waals surface area contributed by atoms with Gasteiger partial charge in [0.25, 0.3) is 0 Å². The lowest BCUT2D eigenvalue weighted by molar-refractivity contribution is -0.115. The molecule has 4 N–H and O–H groups in total. The molecular weight excluding hydrogens is 314 g/mol. The molecule has 0 fully saturated rings. The second kappa shape index (κ2) is 6.14. The summed E-state index contributed by atoms with van der Waals surface area (Å²) in [7, 11) is 0. The smallest absolute Gasteiger partial charge is 0.248 e.